The van der Waals surface area contributed by atoms with Crippen molar-refractivity contribution in [1.82, 2.24) is 0 Å². The van der Waals surface area contributed by atoms with Gasteiger partial charge in [0.1, 0.15) is 10.9 Å². The maximum atomic E-state index is 12.1. The fraction of sp³-hybridized carbons (Fsp3) is 0.263. The Morgan fingerprint density at radius 2 is 1.85 bits per heavy atom. The van der Waals surface area contributed by atoms with E-state index in [1.165, 1.54) is 17.8 Å². The standard InChI is InChI=1S/C19H20N2O5S/c1-12-9-10-16(21(24)25)18(13(12)2)20-17(22)11-26-19(23)14(3)27-15-7-5-4-6-8-15/h4-10,14H,11H2,1-3H3,(H,20,22)/t14-/m0/s1. The number of nitro benzene ring substituents is 1. The van der Waals surface area contributed by atoms with Gasteiger partial charge in [0.15, 0.2) is 6.61 Å². The van der Waals surface area contributed by atoms with Gasteiger partial charge in [-0.25, -0.2) is 0 Å². The number of ether oxygens (including phenoxy) is 1. The Hall–Kier alpha value is -2.87. The lowest BCUT2D eigenvalue weighted by atomic mass is 10.1. The quantitative estimate of drug-likeness (QED) is 0.335. The van der Waals surface area contributed by atoms with Crippen LogP contribution in [0, 0.1) is 24.0 Å². The maximum absolute atomic E-state index is 12.1. The molecule has 0 saturated carbocycles. The first-order valence-electron chi connectivity index (χ1n) is 8.22. The average molecular weight is 388 g/mol. The van der Waals surface area contributed by atoms with Crippen LogP contribution in [0.15, 0.2) is 47.4 Å². The molecule has 0 bridgehead atoms. The smallest absolute Gasteiger partial charge is 0.319 e. The van der Waals surface area contributed by atoms with Crippen molar-refractivity contribution in [3.05, 3.63) is 63.7 Å². The number of nitro groups is 1. The minimum atomic E-state index is -0.628. The molecule has 1 N–H and O–H groups in total. The highest BCUT2D eigenvalue weighted by molar-refractivity contribution is 8.00. The molecule has 2 aromatic rings. The molecule has 0 aliphatic carbocycles. The summed E-state index contributed by atoms with van der Waals surface area (Å²) < 4.78 is 5.04. The molecule has 0 aliphatic heterocycles. The van der Waals surface area contributed by atoms with E-state index >= 15 is 0 Å². The van der Waals surface area contributed by atoms with E-state index in [1.807, 2.05) is 30.3 Å². The third-order valence-electron chi connectivity index (χ3n) is 3.91. The zero-order valence-corrected chi connectivity index (χ0v) is 16.0. The van der Waals surface area contributed by atoms with E-state index in [2.05, 4.69) is 5.32 Å². The molecule has 1 atom stereocenters. The number of rotatable bonds is 7. The number of aryl methyl sites for hydroxylation is 1. The number of anilines is 1. The topological polar surface area (TPSA) is 98.5 Å². The summed E-state index contributed by atoms with van der Waals surface area (Å²) in [7, 11) is 0. The van der Waals surface area contributed by atoms with Gasteiger partial charge in [-0.1, -0.05) is 24.3 Å². The van der Waals surface area contributed by atoms with Gasteiger partial charge in [-0.15, -0.1) is 11.8 Å². The molecular weight excluding hydrogens is 368 g/mol. The lowest BCUT2D eigenvalue weighted by Gasteiger charge is -2.13. The van der Waals surface area contributed by atoms with Crippen molar-refractivity contribution in [1.29, 1.82) is 0 Å². The second kappa shape index (κ2) is 9.18. The second-order valence-corrected chi connectivity index (χ2v) is 7.30. The van der Waals surface area contributed by atoms with Gasteiger partial charge in [0.25, 0.3) is 11.6 Å². The first-order chi connectivity index (χ1) is 12.8. The van der Waals surface area contributed by atoms with Crippen LogP contribution >= 0.6 is 11.8 Å². The highest BCUT2D eigenvalue weighted by atomic mass is 32.2. The van der Waals surface area contributed by atoms with Gasteiger partial charge in [-0.2, -0.15) is 0 Å². The SMILES string of the molecule is Cc1ccc([N+](=O)[O-])c(NC(=O)COC(=O)[C@H](C)Sc2ccccc2)c1C. The Labute approximate surface area is 161 Å². The number of hydrogen-bond acceptors (Lipinski definition) is 6. The molecule has 7 nitrogen and oxygen atoms in total. The number of esters is 1. The fourth-order valence-corrected chi connectivity index (χ4v) is 3.18. The van der Waals surface area contributed by atoms with Crippen LogP contribution < -0.4 is 5.32 Å². The van der Waals surface area contributed by atoms with E-state index in [9.17, 15) is 19.7 Å². The molecule has 142 valence electrons. The van der Waals surface area contributed by atoms with Crippen molar-refractivity contribution in [3.8, 4) is 0 Å². The van der Waals surface area contributed by atoms with Crippen LogP contribution in [0.2, 0.25) is 0 Å². The van der Waals surface area contributed by atoms with Crippen molar-refractivity contribution in [2.75, 3.05) is 11.9 Å². The van der Waals surface area contributed by atoms with Crippen LogP contribution in [0.4, 0.5) is 11.4 Å². The van der Waals surface area contributed by atoms with Crippen LogP contribution in [-0.4, -0.2) is 28.7 Å². The zero-order chi connectivity index (χ0) is 20.0. The average Bonchev–Trinajstić information content (AvgIpc) is 2.64. The third-order valence-corrected chi connectivity index (χ3v) is 5.00. The molecule has 2 aromatic carbocycles. The van der Waals surface area contributed by atoms with Gasteiger partial charge >= 0.3 is 5.97 Å². The molecular formula is C19H20N2O5S. The Kier molecular flexibility index (Phi) is 6.95. The molecule has 8 heteroatoms. The normalized spacial score (nSPS) is 11.5. The molecule has 0 unspecified atom stereocenters. The molecule has 0 saturated heterocycles. The van der Waals surface area contributed by atoms with E-state index in [0.29, 0.717) is 5.56 Å². The molecule has 1 amide bonds. The van der Waals surface area contributed by atoms with Gasteiger partial charge < -0.3 is 10.1 Å². The molecule has 27 heavy (non-hydrogen) atoms. The Balaban J connectivity index is 1.95. The number of benzene rings is 2. The predicted octanol–water partition coefficient (Wildman–Crippen LogP) is 3.87. The number of carbonyl (C=O) groups is 2. The van der Waals surface area contributed by atoms with Gasteiger partial charge in [0.2, 0.25) is 0 Å². The lowest BCUT2D eigenvalue weighted by molar-refractivity contribution is -0.384. The van der Waals surface area contributed by atoms with Crippen molar-refractivity contribution in [3.63, 3.8) is 0 Å². The molecule has 2 rings (SSSR count). The third kappa shape index (κ3) is 5.55. The zero-order valence-electron chi connectivity index (χ0n) is 15.2. The summed E-state index contributed by atoms with van der Waals surface area (Å²) in [6.07, 6.45) is 0. The summed E-state index contributed by atoms with van der Waals surface area (Å²) in [5.74, 6) is -1.16. The largest absolute Gasteiger partial charge is 0.455 e. The van der Waals surface area contributed by atoms with Crippen LogP contribution in [0.1, 0.15) is 18.1 Å². The highest BCUT2D eigenvalue weighted by Crippen LogP contribution is 2.30. The first-order valence-corrected chi connectivity index (χ1v) is 9.10. The summed E-state index contributed by atoms with van der Waals surface area (Å²) in [6, 6.07) is 12.3. The summed E-state index contributed by atoms with van der Waals surface area (Å²) in [4.78, 5) is 35.7. The summed E-state index contributed by atoms with van der Waals surface area (Å²) in [6.45, 7) is 4.65. The van der Waals surface area contributed by atoms with Gasteiger partial charge in [-0.05, 0) is 44.0 Å². The molecule has 0 fully saturated rings. The Bertz CT molecular complexity index is 855. The van der Waals surface area contributed by atoms with Crippen molar-refractivity contribution >= 4 is 35.0 Å². The van der Waals surface area contributed by atoms with Crippen LogP contribution in [0.5, 0.6) is 0 Å². The summed E-state index contributed by atoms with van der Waals surface area (Å²) in [5, 5.41) is 13.2. The van der Waals surface area contributed by atoms with Crippen LogP contribution in [0.25, 0.3) is 0 Å². The minimum Gasteiger partial charge on any atom is -0.455 e. The number of carbonyl (C=O) groups excluding carboxylic acids is 2. The number of amides is 1. The van der Waals surface area contributed by atoms with E-state index < -0.39 is 28.7 Å². The number of hydrogen-bond donors (Lipinski definition) is 1. The first kappa shape index (κ1) is 20.4. The molecule has 0 aliphatic rings. The van der Waals surface area contributed by atoms with Crippen LogP contribution in [0.3, 0.4) is 0 Å². The van der Waals surface area contributed by atoms with E-state index in [1.54, 1.807) is 26.8 Å². The second-order valence-electron chi connectivity index (χ2n) is 5.89. The Morgan fingerprint density at radius 3 is 2.48 bits per heavy atom. The highest BCUT2D eigenvalue weighted by Gasteiger charge is 2.21. The van der Waals surface area contributed by atoms with Crippen molar-refractivity contribution in [2.45, 2.75) is 30.9 Å². The maximum Gasteiger partial charge on any atom is 0.319 e. The molecule has 0 aromatic heterocycles. The predicted molar refractivity (Wildman–Crippen MR) is 104 cm³/mol. The van der Waals surface area contributed by atoms with Gasteiger partial charge in [-0.3, -0.25) is 19.7 Å². The number of nitrogens with zero attached hydrogens (tertiary/aromatic N) is 1. The number of thioether (sulfide) groups is 1. The lowest BCUT2D eigenvalue weighted by Crippen LogP contribution is -2.25. The van der Waals surface area contributed by atoms with E-state index in [-0.39, 0.29) is 11.4 Å². The summed E-state index contributed by atoms with van der Waals surface area (Å²) >= 11 is 1.32. The van der Waals surface area contributed by atoms with Crippen molar-refractivity contribution < 1.29 is 19.2 Å². The van der Waals surface area contributed by atoms with Gasteiger partial charge in [0, 0.05) is 11.0 Å². The molecule has 0 spiro atoms. The fourth-order valence-electron chi connectivity index (χ4n) is 2.29. The minimum absolute atomic E-state index is 0.118. The Morgan fingerprint density at radius 1 is 1.19 bits per heavy atom. The molecule has 0 radical (unpaired) electrons. The van der Waals surface area contributed by atoms with Crippen molar-refractivity contribution in [2.24, 2.45) is 0 Å². The van der Waals surface area contributed by atoms with E-state index in [0.717, 1.165) is 10.5 Å². The van der Waals surface area contributed by atoms with Crippen LogP contribution in [-0.2, 0) is 14.3 Å². The van der Waals surface area contributed by atoms with Gasteiger partial charge in [0.05, 0.1) is 4.92 Å². The number of nitrogens with one attached hydrogen (secondary N) is 1. The summed E-state index contributed by atoms with van der Waals surface area (Å²) in [5.41, 5.74) is 1.32. The monoisotopic (exact) mass is 388 g/mol. The molecule has 0 heterocycles. The van der Waals surface area contributed by atoms with E-state index in [4.69, 9.17) is 4.74 Å².